The fourth-order valence-corrected chi connectivity index (χ4v) is 4.16. The van der Waals surface area contributed by atoms with Crippen LogP contribution in [0.5, 0.6) is 0 Å². The largest absolute Gasteiger partial charge is 0.469 e. The van der Waals surface area contributed by atoms with Gasteiger partial charge in [-0.15, -0.1) is 0 Å². The van der Waals surface area contributed by atoms with Crippen molar-refractivity contribution in [3.05, 3.63) is 43.2 Å². The molecule has 0 radical (unpaired) electrons. The number of nitrogens with zero attached hydrogens (tertiary/aromatic N) is 7. The zero-order valence-corrected chi connectivity index (χ0v) is 16.3. The van der Waals surface area contributed by atoms with Crippen molar-refractivity contribution in [3.8, 4) is 22.5 Å². The van der Waals surface area contributed by atoms with Gasteiger partial charge in [0.1, 0.15) is 0 Å². The molecule has 0 N–H and O–H groups in total. The first-order chi connectivity index (χ1) is 14.1. The Hall–Kier alpha value is -3.49. The van der Waals surface area contributed by atoms with Crippen LogP contribution in [-0.4, -0.2) is 47.2 Å². The first kappa shape index (κ1) is 17.6. The summed E-state index contributed by atoms with van der Waals surface area (Å²) in [6.45, 7) is 0. The van der Waals surface area contributed by atoms with Gasteiger partial charge in [0.2, 0.25) is 0 Å². The Morgan fingerprint density at radius 3 is 2.76 bits per heavy atom. The van der Waals surface area contributed by atoms with Crippen molar-refractivity contribution in [1.82, 2.24) is 34.2 Å². The SMILES string of the molecule is COC(=O)C1CCCC1n1cc(-c2nc(-c3cnn(C)c3)cn3nccc23)cn1. The number of aryl methyl sites for hydroxylation is 1. The Kier molecular flexibility index (Phi) is 4.15. The minimum absolute atomic E-state index is 0.0126. The van der Waals surface area contributed by atoms with E-state index in [9.17, 15) is 4.79 Å². The fourth-order valence-electron chi connectivity index (χ4n) is 4.16. The number of ether oxygens (including phenoxy) is 1. The van der Waals surface area contributed by atoms with Crippen LogP contribution in [0.4, 0.5) is 0 Å². The first-order valence-corrected chi connectivity index (χ1v) is 9.60. The lowest BCUT2D eigenvalue weighted by Gasteiger charge is -2.17. The Labute approximate surface area is 166 Å². The molecule has 0 amide bonds. The maximum absolute atomic E-state index is 12.1. The van der Waals surface area contributed by atoms with E-state index in [0.29, 0.717) is 0 Å². The Balaban J connectivity index is 1.56. The van der Waals surface area contributed by atoms with E-state index in [1.165, 1.54) is 7.11 Å². The summed E-state index contributed by atoms with van der Waals surface area (Å²) < 4.78 is 10.4. The number of rotatable bonds is 4. The predicted octanol–water partition coefficient (Wildman–Crippen LogP) is 2.51. The number of methoxy groups -OCH3 is 1. The molecule has 0 aliphatic heterocycles. The van der Waals surface area contributed by atoms with E-state index in [2.05, 4.69) is 15.3 Å². The van der Waals surface area contributed by atoms with E-state index in [1.54, 1.807) is 23.3 Å². The lowest BCUT2D eigenvalue weighted by Crippen LogP contribution is -2.23. The molecule has 0 saturated heterocycles. The van der Waals surface area contributed by atoms with Gasteiger partial charge in [-0.3, -0.25) is 14.2 Å². The highest BCUT2D eigenvalue weighted by Gasteiger charge is 2.35. The van der Waals surface area contributed by atoms with Gasteiger partial charge in [0, 0.05) is 30.6 Å². The average Bonchev–Trinajstić information content (AvgIpc) is 3.52. The highest BCUT2D eigenvalue weighted by Crippen LogP contribution is 2.37. The zero-order valence-electron chi connectivity index (χ0n) is 16.3. The molecule has 2 unspecified atom stereocenters. The molecule has 2 atom stereocenters. The quantitative estimate of drug-likeness (QED) is 0.496. The van der Waals surface area contributed by atoms with Gasteiger partial charge in [0.05, 0.1) is 60.8 Å². The fraction of sp³-hybridized carbons (Fsp3) is 0.350. The lowest BCUT2D eigenvalue weighted by molar-refractivity contribution is -0.146. The van der Waals surface area contributed by atoms with Crippen LogP contribution in [-0.2, 0) is 16.6 Å². The topological polar surface area (TPSA) is 92.1 Å². The summed E-state index contributed by atoms with van der Waals surface area (Å²) in [7, 11) is 3.32. The molecule has 0 spiro atoms. The molecule has 4 aromatic rings. The predicted molar refractivity (Wildman–Crippen MR) is 105 cm³/mol. The molecule has 4 aromatic heterocycles. The van der Waals surface area contributed by atoms with Gasteiger partial charge < -0.3 is 4.74 Å². The number of fused-ring (bicyclic) bond motifs is 1. The number of esters is 1. The number of hydrogen-bond acceptors (Lipinski definition) is 6. The minimum Gasteiger partial charge on any atom is -0.469 e. The lowest BCUT2D eigenvalue weighted by atomic mass is 10.0. The molecular formula is C20H21N7O2. The van der Waals surface area contributed by atoms with Crippen molar-refractivity contribution >= 4 is 11.5 Å². The van der Waals surface area contributed by atoms with Gasteiger partial charge in [-0.1, -0.05) is 6.42 Å². The van der Waals surface area contributed by atoms with E-state index >= 15 is 0 Å². The van der Waals surface area contributed by atoms with Gasteiger partial charge in [-0.2, -0.15) is 15.3 Å². The van der Waals surface area contributed by atoms with E-state index < -0.39 is 0 Å². The Morgan fingerprint density at radius 1 is 1.10 bits per heavy atom. The standard InChI is InChI=1S/C20H21N7O2/c1-25-10-13(8-22-25)16-12-27-18(6-7-21-27)19(24-16)14-9-23-26(11-14)17-5-3-4-15(17)20(28)29-2/h6-12,15,17H,3-5H2,1-2H3. The second-order valence-corrected chi connectivity index (χ2v) is 7.38. The highest BCUT2D eigenvalue weighted by atomic mass is 16.5. The van der Waals surface area contributed by atoms with Crippen molar-refractivity contribution in [2.24, 2.45) is 13.0 Å². The van der Waals surface area contributed by atoms with Crippen LogP contribution in [0.2, 0.25) is 0 Å². The minimum atomic E-state index is -0.167. The average molecular weight is 391 g/mol. The molecule has 29 heavy (non-hydrogen) atoms. The van der Waals surface area contributed by atoms with E-state index in [4.69, 9.17) is 9.72 Å². The van der Waals surface area contributed by atoms with Crippen molar-refractivity contribution in [3.63, 3.8) is 0 Å². The van der Waals surface area contributed by atoms with Gasteiger partial charge >= 0.3 is 5.97 Å². The molecule has 0 bridgehead atoms. The molecule has 5 rings (SSSR count). The van der Waals surface area contributed by atoms with Crippen molar-refractivity contribution in [2.45, 2.75) is 25.3 Å². The van der Waals surface area contributed by atoms with Crippen LogP contribution in [0, 0.1) is 5.92 Å². The van der Waals surface area contributed by atoms with E-state index in [1.807, 2.05) is 40.9 Å². The highest BCUT2D eigenvalue weighted by molar-refractivity contribution is 5.78. The van der Waals surface area contributed by atoms with Gasteiger partial charge in [0.25, 0.3) is 0 Å². The third-order valence-corrected chi connectivity index (χ3v) is 5.59. The van der Waals surface area contributed by atoms with Crippen molar-refractivity contribution in [2.75, 3.05) is 7.11 Å². The van der Waals surface area contributed by atoms with Gasteiger partial charge in [-0.25, -0.2) is 9.50 Å². The monoisotopic (exact) mass is 391 g/mol. The van der Waals surface area contributed by atoms with Gasteiger partial charge in [0.15, 0.2) is 0 Å². The third kappa shape index (κ3) is 2.98. The van der Waals surface area contributed by atoms with Crippen LogP contribution in [0.1, 0.15) is 25.3 Å². The summed E-state index contributed by atoms with van der Waals surface area (Å²) in [5.74, 6) is -0.322. The third-order valence-electron chi connectivity index (χ3n) is 5.59. The van der Waals surface area contributed by atoms with Crippen LogP contribution in [0.15, 0.2) is 43.2 Å². The summed E-state index contributed by atoms with van der Waals surface area (Å²) in [4.78, 5) is 17.0. The summed E-state index contributed by atoms with van der Waals surface area (Å²) in [5.41, 5.74) is 4.28. The maximum Gasteiger partial charge on any atom is 0.310 e. The number of aromatic nitrogens is 7. The number of hydrogen-bond donors (Lipinski definition) is 0. The Bertz CT molecular complexity index is 1190. The molecule has 4 heterocycles. The maximum atomic E-state index is 12.1. The summed E-state index contributed by atoms with van der Waals surface area (Å²) in [6, 6.07) is 1.94. The molecule has 1 saturated carbocycles. The molecule has 1 fully saturated rings. The summed E-state index contributed by atoms with van der Waals surface area (Å²) in [6.07, 6.45) is 13.8. The molecule has 0 aromatic carbocycles. The first-order valence-electron chi connectivity index (χ1n) is 9.60. The van der Waals surface area contributed by atoms with E-state index in [-0.39, 0.29) is 17.9 Å². The van der Waals surface area contributed by atoms with Crippen molar-refractivity contribution < 1.29 is 9.53 Å². The summed E-state index contributed by atoms with van der Waals surface area (Å²) >= 11 is 0. The summed E-state index contributed by atoms with van der Waals surface area (Å²) in [5, 5.41) is 13.2. The number of carbonyl (C=O) groups excluding carboxylic acids is 1. The molecular weight excluding hydrogens is 370 g/mol. The zero-order chi connectivity index (χ0) is 20.0. The van der Waals surface area contributed by atoms with Crippen LogP contribution >= 0.6 is 0 Å². The molecule has 148 valence electrons. The van der Waals surface area contributed by atoms with Crippen molar-refractivity contribution in [1.29, 1.82) is 0 Å². The van der Waals surface area contributed by atoms with Crippen LogP contribution in [0.25, 0.3) is 28.0 Å². The van der Waals surface area contributed by atoms with Crippen LogP contribution < -0.4 is 0 Å². The number of carbonyl (C=O) groups is 1. The molecule has 1 aliphatic carbocycles. The molecule has 1 aliphatic rings. The molecule has 9 heteroatoms. The van der Waals surface area contributed by atoms with Crippen LogP contribution in [0.3, 0.4) is 0 Å². The second kappa shape index (κ2) is 6.84. The smallest absolute Gasteiger partial charge is 0.310 e. The normalized spacial score (nSPS) is 19.1. The second-order valence-electron chi connectivity index (χ2n) is 7.38. The van der Waals surface area contributed by atoms with Gasteiger partial charge in [-0.05, 0) is 18.9 Å². The Morgan fingerprint density at radius 2 is 1.97 bits per heavy atom. The van der Waals surface area contributed by atoms with E-state index in [0.717, 1.165) is 47.3 Å². The molecule has 9 nitrogen and oxygen atoms in total.